The summed E-state index contributed by atoms with van der Waals surface area (Å²) in [5, 5.41) is 22.0. The molecule has 3 rings (SSSR count). The minimum absolute atomic E-state index is 0.00153. The highest BCUT2D eigenvalue weighted by Crippen LogP contribution is 2.47. The molecular formula is C20H26O8. The second-order valence-corrected chi connectivity index (χ2v) is 8.13. The summed E-state index contributed by atoms with van der Waals surface area (Å²) in [7, 11) is 0. The first-order valence-corrected chi connectivity index (χ1v) is 9.29. The number of aliphatic hydroxyl groups excluding tert-OH is 1. The average molecular weight is 394 g/mol. The van der Waals surface area contributed by atoms with Crippen LogP contribution in [0.5, 0.6) is 0 Å². The van der Waals surface area contributed by atoms with E-state index in [9.17, 15) is 24.6 Å². The Hall–Kier alpha value is -2.03. The maximum atomic E-state index is 12.6. The van der Waals surface area contributed by atoms with E-state index < -0.39 is 59.3 Å². The second kappa shape index (κ2) is 6.79. The number of allylic oxidation sites excluding steroid dienone is 1. The van der Waals surface area contributed by atoms with Gasteiger partial charge < -0.3 is 24.4 Å². The van der Waals surface area contributed by atoms with Gasteiger partial charge in [-0.05, 0) is 34.1 Å². The number of esters is 2. The van der Waals surface area contributed by atoms with Crippen LogP contribution in [-0.2, 0) is 28.6 Å². The maximum absolute atomic E-state index is 12.6. The molecule has 2 N–H and O–H groups in total. The van der Waals surface area contributed by atoms with E-state index in [0.717, 1.165) is 0 Å². The number of fused-ring (bicyclic) bond motifs is 3. The first-order valence-electron chi connectivity index (χ1n) is 9.29. The number of hydrogen-bond acceptors (Lipinski definition) is 8. The van der Waals surface area contributed by atoms with E-state index in [1.807, 2.05) is 0 Å². The molecule has 7 unspecified atom stereocenters. The molecule has 3 heterocycles. The molecule has 154 valence electrons. The lowest BCUT2D eigenvalue weighted by atomic mass is 9.76. The zero-order chi connectivity index (χ0) is 21.0. The van der Waals surface area contributed by atoms with E-state index in [1.54, 1.807) is 26.8 Å². The Morgan fingerprint density at radius 3 is 2.61 bits per heavy atom. The summed E-state index contributed by atoms with van der Waals surface area (Å²) in [6.45, 7) is 9.83. The monoisotopic (exact) mass is 394 g/mol. The highest BCUT2D eigenvalue weighted by atomic mass is 16.6. The number of hydrogen-bond donors (Lipinski definition) is 2. The molecule has 0 aromatic heterocycles. The summed E-state index contributed by atoms with van der Waals surface area (Å²) in [6, 6.07) is 0. The van der Waals surface area contributed by atoms with Crippen LogP contribution in [0.15, 0.2) is 23.8 Å². The van der Waals surface area contributed by atoms with Crippen LogP contribution in [-0.4, -0.2) is 63.6 Å². The number of rotatable bonds is 2. The van der Waals surface area contributed by atoms with Crippen molar-refractivity contribution in [3.05, 3.63) is 23.8 Å². The summed E-state index contributed by atoms with van der Waals surface area (Å²) in [6.07, 6.45) is -3.30. The van der Waals surface area contributed by atoms with E-state index in [4.69, 9.17) is 14.2 Å². The molecule has 28 heavy (non-hydrogen) atoms. The van der Waals surface area contributed by atoms with Gasteiger partial charge in [0, 0.05) is 17.6 Å². The molecule has 3 aliphatic rings. The number of carbonyl (C=O) groups is 3. The highest BCUT2D eigenvalue weighted by molar-refractivity contribution is 5.92. The molecule has 0 aromatic rings. The van der Waals surface area contributed by atoms with Crippen molar-refractivity contribution >= 4 is 17.7 Å². The van der Waals surface area contributed by atoms with Crippen molar-refractivity contribution in [2.45, 2.75) is 76.2 Å². The molecule has 0 saturated carbocycles. The van der Waals surface area contributed by atoms with Gasteiger partial charge >= 0.3 is 11.9 Å². The topological polar surface area (TPSA) is 119 Å². The molecule has 7 atom stereocenters. The second-order valence-electron chi connectivity index (χ2n) is 8.13. The number of ketones is 1. The SMILES string of the molecule is C=C1C(=O)OC2C1C(OC(=O)C(C)=CC)C1OC(C)(CCC(=O)C1(C)O)C2O. The smallest absolute Gasteiger partial charge is 0.334 e. The van der Waals surface area contributed by atoms with Crippen LogP contribution >= 0.6 is 0 Å². The Labute approximate surface area is 163 Å². The van der Waals surface area contributed by atoms with Crippen molar-refractivity contribution < 1.29 is 38.8 Å². The maximum Gasteiger partial charge on any atom is 0.334 e. The van der Waals surface area contributed by atoms with Gasteiger partial charge in [0.2, 0.25) is 0 Å². The summed E-state index contributed by atoms with van der Waals surface area (Å²) in [5.74, 6) is -2.86. The van der Waals surface area contributed by atoms with Crippen LogP contribution in [0.4, 0.5) is 0 Å². The number of Topliss-reactive ketones (excluding diaryl/α,β-unsaturated/α-hetero) is 1. The zero-order valence-electron chi connectivity index (χ0n) is 16.4. The summed E-state index contributed by atoms with van der Waals surface area (Å²) < 4.78 is 17.0. The molecule has 0 radical (unpaired) electrons. The van der Waals surface area contributed by atoms with Gasteiger partial charge in [0.1, 0.15) is 30.0 Å². The van der Waals surface area contributed by atoms with Crippen molar-refractivity contribution in [3.63, 3.8) is 0 Å². The van der Waals surface area contributed by atoms with Crippen molar-refractivity contribution in [3.8, 4) is 0 Å². The minimum Gasteiger partial charge on any atom is -0.455 e. The lowest BCUT2D eigenvalue weighted by molar-refractivity contribution is -0.212. The van der Waals surface area contributed by atoms with Crippen LogP contribution in [0.1, 0.15) is 40.5 Å². The van der Waals surface area contributed by atoms with Gasteiger partial charge in [-0.25, -0.2) is 9.59 Å². The van der Waals surface area contributed by atoms with Crippen LogP contribution < -0.4 is 0 Å². The highest BCUT2D eigenvalue weighted by Gasteiger charge is 2.64. The molecule has 3 saturated heterocycles. The molecule has 0 amide bonds. The Bertz CT molecular complexity index is 766. The predicted octanol–water partition coefficient (Wildman–Crippen LogP) is 0.594. The first kappa shape index (κ1) is 20.7. The Morgan fingerprint density at radius 1 is 1.36 bits per heavy atom. The van der Waals surface area contributed by atoms with E-state index >= 15 is 0 Å². The molecular weight excluding hydrogens is 368 g/mol. The molecule has 8 heteroatoms. The molecule has 0 aliphatic carbocycles. The van der Waals surface area contributed by atoms with Gasteiger partial charge in [-0.15, -0.1) is 0 Å². The van der Waals surface area contributed by atoms with Crippen LogP contribution in [0.3, 0.4) is 0 Å². The van der Waals surface area contributed by atoms with Crippen molar-refractivity contribution in [1.82, 2.24) is 0 Å². The van der Waals surface area contributed by atoms with E-state index in [1.165, 1.54) is 6.92 Å². The molecule has 3 aliphatic heterocycles. The third-order valence-electron chi connectivity index (χ3n) is 6.21. The normalized spacial score (nSPS) is 43.7. The Balaban J connectivity index is 2.16. The average Bonchev–Trinajstić information content (AvgIpc) is 2.85. The first-order chi connectivity index (χ1) is 12.9. The van der Waals surface area contributed by atoms with Crippen molar-refractivity contribution in [1.29, 1.82) is 0 Å². The van der Waals surface area contributed by atoms with E-state index in [0.29, 0.717) is 5.57 Å². The third kappa shape index (κ3) is 3.00. The Kier molecular flexibility index (Phi) is 5.02. The summed E-state index contributed by atoms with van der Waals surface area (Å²) in [4.78, 5) is 37.3. The largest absolute Gasteiger partial charge is 0.455 e. The minimum atomic E-state index is -1.99. The number of ether oxygens (including phenoxy) is 3. The summed E-state index contributed by atoms with van der Waals surface area (Å²) in [5.41, 5.74) is -2.97. The van der Waals surface area contributed by atoms with Gasteiger partial charge in [-0.3, -0.25) is 4.79 Å². The van der Waals surface area contributed by atoms with Gasteiger partial charge in [0.15, 0.2) is 5.78 Å². The van der Waals surface area contributed by atoms with Gasteiger partial charge in [-0.2, -0.15) is 0 Å². The van der Waals surface area contributed by atoms with E-state index in [-0.39, 0.29) is 18.4 Å². The lowest BCUT2D eigenvalue weighted by Gasteiger charge is -2.38. The Morgan fingerprint density at radius 2 is 2.00 bits per heavy atom. The lowest BCUT2D eigenvalue weighted by Crippen LogP contribution is -2.56. The molecule has 8 nitrogen and oxygen atoms in total. The number of carbonyl (C=O) groups excluding carboxylic acids is 3. The fraction of sp³-hybridized carbons (Fsp3) is 0.650. The standard InChI is InChI=1S/C20H26O8/c1-6-9(2)17(23)27-14-12-10(3)18(24)26-13(12)15(22)19(4)8-7-11(21)20(5,25)16(14)28-19/h6,12-16,22,25H,3,7-8H2,1-2,4-5H3. The van der Waals surface area contributed by atoms with Crippen LogP contribution in [0.25, 0.3) is 0 Å². The molecule has 3 fully saturated rings. The van der Waals surface area contributed by atoms with Gasteiger partial charge in [-0.1, -0.05) is 12.7 Å². The number of aliphatic hydroxyl groups is 2. The summed E-state index contributed by atoms with van der Waals surface area (Å²) >= 11 is 0. The quantitative estimate of drug-likeness (QED) is 0.516. The van der Waals surface area contributed by atoms with Crippen molar-refractivity contribution in [2.75, 3.05) is 0 Å². The van der Waals surface area contributed by atoms with E-state index in [2.05, 4.69) is 6.58 Å². The third-order valence-corrected chi connectivity index (χ3v) is 6.21. The molecule has 2 bridgehead atoms. The van der Waals surface area contributed by atoms with Crippen molar-refractivity contribution in [2.24, 2.45) is 5.92 Å². The molecule has 0 spiro atoms. The fourth-order valence-electron chi connectivity index (χ4n) is 4.10. The van der Waals surface area contributed by atoms with Gasteiger partial charge in [0.05, 0.1) is 11.5 Å². The fourth-order valence-corrected chi connectivity index (χ4v) is 4.10. The molecule has 0 aromatic carbocycles. The van der Waals surface area contributed by atoms with Crippen LogP contribution in [0.2, 0.25) is 0 Å². The zero-order valence-corrected chi connectivity index (χ0v) is 16.4. The predicted molar refractivity (Wildman–Crippen MR) is 96.0 cm³/mol. The van der Waals surface area contributed by atoms with Crippen LogP contribution in [0, 0.1) is 5.92 Å². The van der Waals surface area contributed by atoms with Gasteiger partial charge in [0.25, 0.3) is 0 Å².